The number of carbonyl (C=O) groups excluding carboxylic acids is 1. The largest absolute Gasteiger partial charge is 0.380 e. The number of rotatable bonds is 7. The van der Waals surface area contributed by atoms with Crippen molar-refractivity contribution in [2.75, 3.05) is 26.3 Å². The average Bonchev–Trinajstić information content (AvgIpc) is 2.99. The van der Waals surface area contributed by atoms with Gasteiger partial charge in [-0.1, -0.05) is 30.2 Å². The van der Waals surface area contributed by atoms with E-state index in [4.69, 9.17) is 4.74 Å². The lowest BCUT2D eigenvalue weighted by Gasteiger charge is -2.19. The number of hydrogen-bond donors (Lipinski definition) is 0. The molecule has 7 nitrogen and oxygen atoms in total. The van der Waals surface area contributed by atoms with E-state index < -0.39 is 15.9 Å². The second-order valence-corrected chi connectivity index (χ2v) is 11.4. The molecule has 0 atom stereocenters. The zero-order valence-electron chi connectivity index (χ0n) is 19.7. The van der Waals surface area contributed by atoms with Gasteiger partial charge in [0.25, 0.3) is 5.91 Å². The van der Waals surface area contributed by atoms with Crippen LogP contribution in [-0.4, -0.2) is 49.5 Å². The molecule has 9 heteroatoms. The zero-order chi connectivity index (χ0) is 24.1. The van der Waals surface area contributed by atoms with Gasteiger partial charge in [0.05, 0.1) is 21.7 Å². The van der Waals surface area contributed by atoms with Gasteiger partial charge < -0.3 is 9.30 Å². The molecule has 1 aliphatic rings. The molecule has 0 aliphatic carbocycles. The lowest BCUT2D eigenvalue weighted by Crippen LogP contribution is -2.31. The van der Waals surface area contributed by atoms with Crippen molar-refractivity contribution < 1.29 is 17.9 Å². The summed E-state index contributed by atoms with van der Waals surface area (Å²) in [6, 6.07) is 12.3. The first-order chi connectivity index (χ1) is 16.4. The van der Waals surface area contributed by atoms with Crippen LogP contribution in [-0.2, 0) is 21.3 Å². The average molecular weight is 502 g/mol. The minimum Gasteiger partial charge on any atom is -0.380 e. The number of thiazole rings is 1. The Kier molecular flexibility index (Phi) is 7.98. The number of amides is 1. The summed E-state index contributed by atoms with van der Waals surface area (Å²) in [5.74, 6) is -0.396. The van der Waals surface area contributed by atoms with Gasteiger partial charge in [0.2, 0.25) is 10.0 Å². The Labute approximate surface area is 204 Å². The molecule has 1 amide bonds. The number of hydrogen-bond acceptors (Lipinski definition) is 5. The minimum absolute atomic E-state index is 0.218. The van der Waals surface area contributed by atoms with Crippen LogP contribution in [0, 0.1) is 6.92 Å². The molecule has 0 spiro atoms. The predicted octanol–water partition coefficient (Wildman–Crippen LogP) is 4.35. The van der Waals surface area contributed by atoms with Crippen LogP contribution in [0.15, 0.2) is 52.4 Å². The molecule has 3 aromatic rings. The molecule has 182 valence electrons. The van der Waals surface area contributed by atoms with E-state index in [0.29, 0.717) is 43.2 Å². The first-order valence-corrected chi connectivity index (χ1v) is 14.0. The second kappa shape index (κ2) is 10.9. The van der Waals surface area contributed by atoms with Gasteiger partial charge >= 0.3 is 0 Å². The van der Waals surface area contributed by atoms with Gasteiger partial charge in [-0.3, -0.25) is 4.79 Å². The number of nitrogens with zero attached hydrogens (tertiary/aromatic N) is 3. The highest BCUT2D eigenvalue weighted by Crippen LogP contribution is 2.22. The number of sulfonamides is 1. The number of benzene rings is 2. The van der Waals surface area contributed by atoms with Gasteiger partial charge in [-0.05, 0) is 68.7 Å². The molecule has 1 aliphatic heterocycles. The highest BCUT2D eigenvalue weighted by Gasteiger charge is 2.25. The van der Waals surface area contributed by atoms with Crippen LogP contribution >= 0.6 is 11.3 Å². The monoisotopic (exact) mass is 501 g/mol. The van der Waals surface area contributed by atoms with Crippen molar-refractivity contribution in [3.63, 3.8) is 0 Å². The van der Waals surface area contributed by atoms with Crippen LogP contribution in [0.3, 0.4) is 0 Å². The maximum absolute atomic E-state index is 13.0. The SMILES string of the molecule is CCOCCn1c(=NC(=O)c2ccc(S(=O)(=O)N3CCCCCC3)cc2)sc2cc(C)ccc21. The normalized spacial score (nSPS) is 16.1. The highest BCUT2D eigenvalue weighted by molar-refractivity contribution is 7.89. The van der Waals surface area contributed by atoms with Gasteiger partial charge in [0, 0.05) is 31.8 Å². The van der Waals surface area contributed by atoms with Crippen LogP contribution < -0.4 is 4.80 Å². The second-order valence-electron chi connectivity index (χ2n) is 8.46. The summed E-state index contributed by atoms with van der Waals surface area (Å²) in [5.41, 5.74) is 2.52. The summed E-state index contributed by atoms with van der Waals surface area (Å²) in [6.45, 7) is 6.83. The fourth-order valence-corrected chi connectivity index (χ4v) is 6.80. The Balaban J connectivity index is 1.62. The van der Waals surface area contributed by atoms with E-state index in [1.54, 1.807) is 16.4 Å². The third kappa shape index (κ3) is 5.49. The highest BCUT2D eigenvalue weighted by atomic mass is 32.2. The lowest BCUT2D eigenvalue weighted by molar-refractivity contribution is 0.0996. The Bertz CT molecular complexity index is 1320. The van der Waals surface area contributed by atoms with Crippen molar-refractivity contribution in [2.45, 2.75) is 51.0 Å². The summed E-state index contributed by atoms with van der Waals surface area (Å²) in [5, 5.41) is 0. The fourth-order valence-electron chi connectivity index (χ4n) is 4.13. The van der Waals surface area contributed by atoms with Crippen molar-refractivity contribution in [1.82, 2.24) is 8.87 Å². The van der Waals surface area contributed by atoms with Crippen molar-refractivity contribution in [3.8, 4) is 0 Å². The van der Waals surface area contributed by atoms with Gasteiger partial charge in [0.15, 0.2) is 4.80 Å². The number of ether oxygens (including phenoxy) is 1. The number of fused-ring (bicyclic) bond motifs is 1. The summed E-state index contributed by atoms with van der Waals surface area (Å²) in [6.07, 6.45) is 3.88. The first kappa shape index (κ1) is 24.8. The molecule has 1 aromatic heterocycles. The minimum atomic E-state index is -3.55. The smallest absolute Gasteiger partial charge is 0.279 e. The molecule has 1 saturated heterocycles. The fraction of sp³-hybridized carbons (Fsp3) is 0.440. The van der Waals surface area contributed by atoms with Gasteiger partial charge in [-0.15, -0.1) is 0 Å². The van der Waals surface area contributed by atoms with E-state index in [1.165, 1.54) is 23.5 Å². The van der Waals surface area contributed by atoms with Crippen molar-refractivity contribution in [3.05, 3.63) is 58.4 Å². The summed E-state index contributed by atoms with van der Waals surface area (Å²) in [7, 11) is -3.55. The molecule has 1 fully saturated rings. The Morgan fingerprint density at radius 1 is 1.06 bits per heavy atom. The molecule has 0 bridgehead atoms. The van der Waals surface area contributed by atoms with Crippen LogP contribution in [0.2, 0.25) is 0 Å². The van der Waals surface area contributed by atoms with Gasteiger partial charge in [-0.25, -0.2) is 8.42 Å². The molecule has 2 aromatic carbocycles. The summed E-state index contributed by atoms with van der Waals surface area (Å²) < 4.78 is 36.2. The van der Waals surface area contributed by atoms with Crippen LogP contribution in [0.25, 0.3) is 10.2 Å². The number of carbonyl (C=O) groups is 1. The Hall–Kier alpha value is -2.33. The molecule has 2 heterocycles. The molecule has 0 saturated carbocycles. The van der Waals surface area contributed by atoms with E-state index in [9.17, 15) is 13.2 Å². The third-order valence-corrected chi connectivity index (χ3v) is 8.96. The molecular formula is C25H31N3O4S2. The van der Waals surface area contributed by atoms with Crippen LogP contribution in [0.4, 0.5) is 0 Å². The molecule has 0 N–H and O–H groups in total. The van der Waals surface area contributed by atoms with Crippen molar-refractivity contribution in [2.24, 2.45) is 4.99 Å². The zero-order valence-corrected chi connectivity index (χ0v) is 21.3. The van der Waals surface area contributed by atoms with Crippen LogP contribution in [0.5, 0.6) is 0 Å². The lowest BCUT2D eigenvalue weighted by atomic mass is 10.2. The molecular weight excluding hydrogens is 470 g/mol. The molecule has 34 heavy (non-hydrogen) atoms. The Morgan fingerprint density at radius 2 is 1.76 bits per heavy atom. The quantitative estimate of drug-likeness (QED) is 0.451. The summed E-state index contributed by atoms with van der Waals surface area (Å²) in [4.78, 5) is 18.2. The summed E-state index contributed by atoms with van der Waals surface area (Å²) >= 11 is 1.46. The Morgan fingerprint density at radius 3 is 2.44 bits per heavy atom. The number of aryl methyl sites for hydroxylation is 1. The maximum atomic E-state index is 13.0. The van der Waals surface area contributed by atoms with Gasteiger partial charge in [-0.2, -0.15) is 9.30 Å². The van der Waals surface area contributed by atoms with E-state index in [-0.39, 0.29) is 4.90 Å². The van der Waals surface area contributed by atoms with E-state index in [2.05, 4.69) is 11.1 Å². The van der Waals surface area contributed by atoms with E-state index >= 15 is 0 Å². The molecule has 4 rings (SSSR count). The van der Waals surface area contributed by atoms with Gasteiger partial charge in [0.1, 0.15) is 0 Å². The van der Waals surface area contributed by atoms with Crippen LogP contribution in [0.1, 0.15) is 48.5 Å². The maximum Gasteiger partial charge on any atom is 0.279 e. The molecule has 0 unspecified atom stereocenters. The van der Waals surface area contributed by atoms with E-state index in [1.807, 2.05) is 30.5 Å². The number of aromatic nitrogens is 1. The standard InChI is InChI=1S/C25H31N3O4S2/c1-3-32-17-16-28-22-13-8-19(2)18-23(22)33-25(28)26-24(29)20-9-11-21(12-10-20)34(30,31)27-14-6-4-5-7-15-27/h8-13,18H,3-7,14-17H2,1-2H3. The predicted molar refractivity (Wildman–Crippen MR) is 135 cm³/mol. The van der Waals surface area contributed by atoms with Crippen molar-refractivity contribution in [1.29, 1.82) is 0 Å². The van der Waals surface area contributed by atoms with Crippen molar-refractivity contribution >= 4 is 37.5 Å². The third-order valence-electron chi connectivity index (χ3n) is 6.00. The first-order valence-electron chi connectivity index (χ1n) is 11.8. The topological polar surface area (TPSA) is 81.0 Å². The van der Waals surface area contributed by atoms with E-state index in [0.717, 1.165) is 41.5 Å². The molecule has 0 radical (unpaired) electrons.